The smallest absolute Gasteiger partial charge is 0.265 e. The Morgan fingerprint density at radius 2 is 1.97 bits per heavy atom. The molecule has 1 atom stereocenters. The van der Waals surface area contributed by atoms with Crippen molar-refractivity contribution in [1.82, 2.24) is 4.98 Å². The lowest BCUT2D eigenvalue weighted by molar-refractivity contribution is -0.123. The average molecular weight is 468 g/mol. The summed E-state index contributed by atoms with van der Waals surface area (Å²) >= 11 is 0. The number of carbonyl (C=O) groups is 1. The summed E-state index contributed by atoms with van der Waals surface area (Å²) in [4.78, 5) is 17.3. The van der Waals surface area contributed by atoms with Gasteiger partial charge < -0.3 is 10.1 Å². The van der Waals surface area contributed by atoms with E-state index >= 15 is 0 Å². The number of hydrogen-bond acceptors (Lipinski definition) is 5. The molecule has 2 heterocycles. The van der Waals surface area contributed by atoms with Gasteiger partial charge >= 0.3 is 0 Å². The summed E-state index contributed by atoms with van der Waals surface area (Å²) in [7, 11) is -3.25. The molecule has 7 nitrogen and oxygen atoms in total. The predicted octanol–water partition coefficient (Wildman–Crippen LogP) is 4.52. The minimum absolute atomic E-state index is 0.171. The van der Waals surface area contributed by atoms with E-state index in [1.165, 1.54) is 4.31 Å². The molecule has 1 N–H and O–H groups in total. The molecule has 174 valence electrons. The van der Waals surface area contributed by atoms with E-state index in [2.05, 4.69) is 10.3 Å². The van der Waals surface area contributed by atoms with E-state index in [0.717, 1.165) is 16.3 Å². The fraction of sp³-hybridized carbons (Fsp3) is 0.360. The first-order valence-electron chi connectivity index (χ1n) is 11.2. The maximum Gasteiger partial charge on any atom is 0.265 e. The van der Waals surface area contributed by atoms with Crippen molar-refractivity contribution >= 4 is 38.1 Å². The zero-order valence-corrected chi connectivity index (χ0v) is 19.9. The molecular weight excluding hydrogens is 438 g/mol. The van der Waals surface area contributed by atoms with Gasteiger partial charge in [-0.15, -0.1) is 0 Å². The number of benzene rings is 2. The van der Waals surface area contributed by atoms with Crippen LogP contribution in [-0.4, -0.2) is 37.7 Å². The monoisotopic (exact) mass is 467 g/mol. The lowest BCUT2D eigenvalue weighted by Gasteiger charge is -2.22. The molecule has 8 heteroatoms. The first-order chi connectivity index (χ1) is 15.7. The number of anilines is 2. The third-order valence-electron chi connectivity index (χ3n) is 5.70. The second-order valence-corrected chi connectivity index (χ2v) is 10.9. The van der Waals surface area contributed by atoms with Gasteiger partial charge in [-0.05, 0) is 73.0 Å². The fourth-order valence-electron chi connectivity index (χ4n) is 4.08. The van der Waals surface area contributed by atoms with Gasteiger partial charge in [-0.2, -0.15) is 0 Å². The standard InChI is InChI=1S/C25H29N3O4S/c1-17(2)13-24(32-22-7-5-19-9-10-26-16-20(19)15-22)25(29)27-21-6-8-23(18(3)14-21)28-11-4-12-33(28,30)31/h5-10,14-17,24H,4,11-13H2,1-3H3,(H,27,29). The molecule has 1 aliphatic rings. The van der Waals surface area contributed by atoms with Crippen LogP contribution in [0.25, 0.3) is 10.8 Å². The number of ether oxygens (including phenoxy) is 1. The normalized spacial score (nSPS) is 16.2. The van der Waals surface area contributed by atoms with Crippen molar-refractivity contribution in [1.29, 1.82) is 0 Å². The summed E-state index contributed by atoms with van der Waals surface area (Å²) in [5.41, 5.74) is 2.06. The Labute approximate surface area is 194 Å². The van der Waals surface area contributed by atoms with Crippen LogP contribution >= 0.6 is 0 Å². The zero-order chi connectivity index (χ0) is 23.6. The first kappa shape index (κ1) is 23.0. The largest absolute Gasteiger partial charge is 0.481 e. The molecule has 1 saturated heterocycles. The van der Waals surface area contributed by atoms with E-state index in [1.807, 2.05) is 45.0 Å². The number of carbonyl (C=O) groups excluding carboxylic acids is 1. The molecule has 0 radical (unpaired) electrons. The van der Waals surface area contributed by atoms with Crippen molar-refractivity contribution in [2.75, 3.05) is 21.9 Å². The van der Waals surface area contributed by atoms with Gasteiger partial charge in [0, 0.05) is 30.0 Å². The molecule has 1 unspecified atom stereocenters. The van der Waals surface area contributed by atoms with Crippen LogP contribution in [0.5, 0.6) is 5.75 Å². The number of aryl methyl sites for hydroxylation is 1. The number of nitrogens with one attached hydrogen (secondary N) is 1. The van der Waals surface area contributed by atoms with Crippen molar-refractivity contribution in [2.45, 2.75) is 39.7 Å². The van der Waals surface area contributed by atoms with Crippen LogP contribution in [0.4, 0.5) is 11.4 Å². The maximum absolute atomic E-state index is 13.1. The molecule has 1 fully saturated rings. The number of rotatable bonds is 7. The van der Waals surface area contributed by atoms with Gasteiger partial charge in [0.2, 0.25) is 10.0 Å². The summed E-state index contributed by atoms with van der Waals surface area (Å²) in [6.45, 7) is 6.43. The summed E-state index contributed by atoms with van der Waals surface area (Å²) in [6.07, 6.45) is 4.02. The highest BCUT2D eigenvalue weighted by molar-refractivity contribution is 7.93. The summed E-state index contributed by atoms with van der Waals surface area (Å²) in [6, 6.07) is 12.9. The lowest BCUT2D eigenvalue weighted by atomic mass is 10.0. The highest BCUT2D eigenvalue weighted by atomic mass is 32.2. The number of aromatic nitrogens is 1. The molecule has 0 spiro atoms. The summed E-state index contributed by atoms with van der Waals surface area (Å²) in [5, 5.41) is 4.94. The highest BCUT2D eigenvalue weighted by Gasteiger charge is 2.29. The maximum atomic E-state index is 13.1. The van der Waals surface area contributed by atoms with E-state index in [-0.39, 0.29) is 17.6 Å². The molecule has 4 rings (SSSR count). The van der Waals surface area contributed by atoms with Crippen molar-refractivity contribution < 1.29 is 17.9 Å². The Bertz CT molecular complexity index is 1270. The van der Waals surface area contributed by atoms with Crippen LogP contribution in [0.3, 0.4) is 0 Å². The fourth-order valence-corrected chi connectivity index (χ4v) is 5.71. The minimum Gasteiger partial charge on any atom is -0.481 e. The molecule has 0 saturated carbocycles. The number of nitrogens with zero attached hydrogens (tertiary/aromatic N) is 2. The number of sulfonamides is 1. The van der Waals surface area contributed by atoms with E-state index in [1.54, 1.807) is 30.6 Å². The van der Waals surface area contributed by atoms with E-state index in [9.17, 15) is 13.2 Å². The SMILES string of the molecule is Cc1cc(NC(=O)C(CC(C)C)Oc2ccc3ccncc3c2)ccc1N1CCCS1(=O)=O. The van der Waals surface area contributed by atoms with Crippen LogP contribution in [0.1, 0.15) is 32.3 Å². The van der Waals surface area contributed by atoms with E-state index in [4.69, 9.17) is 4.74 Å². The highest BCUT2D eigenvalue weighted by Crippen LogP contribution is 2.30. The Kier molecular flexibility index (Phi) is 6.56. The van der Waals surface area contributed by atoms with Gasteiger partial charge in [0.25, 0.3) is 5.91 Å². The molecular formula is C25H29N3O4S. The second-order valence-electron chi connectivity index (χ2n) is 8.85. The number of hydrogen-bond donors (Lipinski definition) is 1. The van der Waals surface area contributed by atoms with Gasteiger partial charge in [0.05, 0.1) is 11.4 Å². The van der Waals surface area contributed by atoms with Crippen molar-refractivity contribution in [2.24, 2.45) is 5.92 Å². The van der Waals surface area contributed by atoms with Gasteiger partial charge in [-0.3, -0.25) is 14.1 Å². The quantitative estimate of drug-likeness (QED) is 0.552. The summed E-state index contributed by atoms with van der Waals surface area (Å²) < 4.78 is 32.1. The van der Waals surface area contributed by atoms with Crippen molar-refractivity contribution in [3.63, 3.8) is 0 Å². The topological polar surface area (TPSA) is 88.6 Å². The third-order valence-corrected chi connectivity index (χ3v) is 7.56. The summed E-state index contributed by atoms with van der Waals surface area (Å²) in [5.74, 6) is 0.801. The Morgan fingerprint density at radius 1 is 1.15 bits per heavy atom. The molecule has 1 aliphatic heterocycles. The Balaban J connectivity index is 1.51. The molecule has 0 bridgehead atoms. The van der Waals surface area contributed by atoms with Gasteiger partial charge in [0.15, 0.2) is 6.10 Å². The number of amides is 1. The number of pyridine rings is 1. The first-order valence-corrected chi connectivity index (χ1v) is 12.8. The molecule has 3 aromatic rings. The Hall–Kier alpha value is -3.13. The average Bonchev–Trinajstić information content (AvgIpc) is 3.11. The van der Waals surface area contributed by atoms with Crippen molar-refractivity contribution in [3.8, 4) is 5.75 Å². The van der Waals surface area contributed by atoms with Crippen LogP contribution in [0.15, 0.2) is 54.9 Å². The van der Waals surface area contributed by atoms with Gasteiger partial charge in [-0.1, -0.05) is 19.9 Å². The van der Waals surface area contributed by atoms with E-state index in [0.29, 0.717) is 36.5 Å². The second kappa shape index (κ2) is 9.39. The van der Waals surface area contributed by atoms with Crippen LogP contribution in [0.2, 0.25) is 0 Å². The molecule has 0 aliphatic carbocycles. The third kappa shape index (κ3) is 5.27. The van der Waals surface area contributed by atoms with Crippen molar-refractivity contribution in [3.05, 3.63) is 60.4 Å². The number of fused-ring (bicyclic) bond motifs is 1. The molecule has 1 aromatic heterocycles. The lowest BCUT2D eigenvalue weighted by Crippen LogP contribution is -2.34. The minimum atomic E-state index is -3.25. The van der Waals surface area contributed by atoms with E-state index < -0.39 is 16.1 Å². The van der Waals surface area contributed by atoms with Crippen LogP contribution in [0, 0.1) is 12.8 Å². The predicted molar refractivity (Wildman–Crippen MR) is 131 cm³/mol. The molecule has 33 heavy (non-hydrogen) atoms. The zero-order valence-electron chi connectivity index (χ0n) is 19.1. The van der Waals surface area contributed by atoms with Gasteiger partial charge in [-0.25, -0.2) is 8.42 Å². The molecule has 1 amide bonds. The Morgan fingerprint density at radius 3 is 2.67 bits per heavy atom. The molecule has 2 aromatic carbocycles. The van der Waals surface area contributed by atoms with Crippen LogP contribution < -0.4 is 14.4 Å². The van der Waals surface area contributed by atoms with Gasteiger partial charge in [0.1, 0.15) is 5.75 Å². The van der Waals surface area contributed by atoms with Crippen LogP contribution in [-0.2, 0) is 14.8 Å².